The van der Waals surface area contributed by atoms with Crippen LogP contribution < -0.4 is 5.32 Å². The summed E-state index contributed by atoms with van der Waals surface area (Å²) in [4.78, 5) is 27.2. The van der Waals surface area contributed by atoms with Gasteiger partial charge in [0.15, 0.2) is 0 Å². The van der Waals surface area contributed by atoms with Gasteiger partial charge in [-0.25, -0.2) is 0 Å². The number of carbonyl (C=O) groups excluding carboxylic acids is 2. The number of benzene rings is 2. The lowest BCUT2D eigenvalue weighted by Crippen LogP contribution is -2.43. The van der Waals surface area contributed by atoms with Gasteiger partial charge in [-0.3, -0.25) is 9.59 Å². The third-order valence-electron chi connectivity index (χ3n) is 4.89. The number of anilines is 1. The molecule has 0 aromatic heterocycles. The van der Waals surface area contributed by atoms with Crippen molar-refractivity contribution in [2.75, 3.05) is 11.9 Å². The van der Waals surface area contributed by atoms with Gasteiger partial charge in [0.05, 0.1) is 6.42 Å². The fourth-order valence-electron chi connectivity index (χ4n) is 3.41. The molecule has 3 rings (SSSR count). The smallest absolute Gasteiger partial charge is 0.247 e. The lowest BCUT2D eigenvalue weighted by Gasteiger charge is -2.24. The molecule has 0 saturated carbocycles. The molecule has 0 radical (unpaired) electrons. The van der Waals surface area contributed by atoms with E-state index in [1.807, 2.05) is 48.5 Å². The van der Waals surface area contributed by atoms with Gasteiger partial charge in [0.25, 0.3) is 0 Å². The first-order valence-corrected chi connectivity index (χ1v) is 9.29. The van der Waals surface area contributed by atoms with Crippen LogP contribution in [0.2, 0.25) is 0 Å². The molecule has 0 bridgehead atoms. The second-order valence-corrected chi connectivity index (χ2v) is 7.18. The standard InChI is InChI=1S/C22H26N2O2/c1-16(2)18-10-6-11-19(15-18)23-22(26)20-12-7-13-24(20)21(25)14-17-8-4-3-5-9-17/h3-6,8-11,15-16,20H,7,12-14H2,1-2H3,(H,23,26). The third kappa shape index (κ3) is 4.31. The van der Waals surface area contributed by atoms with Gasteiger partial charge in [-0.1, -0.05) is 56.3 Å². The number of carbonyl (C=O) groups is 2. The van der Waals surface area contributed by atoms with Crippen LogP contribution in [0.4, 0.5) is 5.69 Å². The molecule has 2 aromatic carbocycles. The van der Waals surface area contributed by atoms with Crippen LogP contribution in [-0.2, 0) is 16.0 Å². The number of amides is 2. The number of nitrogens with zero attached hydrogens (tertiary/aromatic N) is 1. The van der Waals surface area contributed by atoms with E-state index in [2.05, 4.69) is 25.2 Å². The molecule has 26 heavy (non-hydrogen) atoms. The average molecular weight is 350 g/mol. The number of hydrogen-bond donors (Lipinski definition) is 1. The van der Waals surface area contributed by atoms with Crippen molar-refractivity contribution in [2.45, 2.75) is 45.1 Å². The van der Waals surface area contributed by atoms with E-state index in [1.54, 1.807) is 4.90 Å². The highest BCUT2D eigenvalue weighted by molar-refractivity contribution is 5.97. The van der Waals surface area contributed by atoms with E-state index in [0.29, 0.717) is 18.9 Å². The average Bonchev–Trinajstić information content (AvgIpc) is 3.13. The molecule has 1 unspecified atom stereocenters. The van der Waals surface area contributed by atoms with Crippen molar-refractivity contribution < 1.29 is 9.59 Å². The number of hydrogen-bond acceptors (Lipinski definition) is 2. The van der Waals surface area contributed by atoms with Gasteiger partial charge in [-0.15, -0.1) is 0 Å². The van der Waals surface area contributed by atoms with Gasteiger partial charge in [-0.2, -0.15) is 0 Å². The van der Waals surface area contributed by atoms with Crippen molar-refractivity contribution in [2.24, 2.45) is 0 Å². The van der Waals surface area contributed by atoms with Crippen LogP contribution in [0.1, 0.15) is 43.7 Å². The molecule has 1 heterocycles. The molecule has 0 spiro atoms. The molecule has 4 heteroatoms. The number of rotatable bonds is 5. The van der Waals surface area contributed by atoms with Crippen molar-refractivity contribution in [3.63, 3.8) is 0 Å². The third-order valence-corrected chi connectivity index (χ3v) is 4.89. The van der Waals surface area contributed by atoms with Gasteiger partial charge >= 0.3 is 0 Å². The minimum absolute atomic E-state index is 0.0183. The Morgan fingerprint density at radius 2 is 1.88 bits per heavy atom. The molecule has 1 aliphatic rings. The van der Waals surface area contributed by atoms with Crippen LogP contribution in [-0.4, -0.2) is 29.3 Å². The Balaban J connectivity index is 1.66. The maximum atomic E-state index is 12.8. The summed E-state index contributed by atoms with van der Waals surface area (Å²) in [6.45, 7) is 4.90. The van der Waals surface area contributed by atoms with Crippen molar-refractivity contribution in [3.8, 4) is 0 Å². The summed E-state index contributed by atoms with van der Waals surface area (Å²) in [7, 11) is 0. The van der Waals surface area contributed by atoms with Crippen LogP contribution in [0.3, 0.4) is 0 Å². The van der Waals surface area contributed by atoms with E-state index in [0.717, 1.165) is 24.1 Å². The highest BCUT2D eigenvalue weighted by atomic mass is 16.2. The zero-order chi connectivity index (χ0) is 18.5. The van der Waals surface area contributed by atoms with Crippen LogP contribution in [0, 0.1) is 0 Å². The monoisotopic (exact) mass is 350 g/mol. The summed E-state index contributed by atoms with van der Waals surface area (Å²) in [6.07, 6.45) is 1.92. The predicted molar refractivity (Wildman–Crippen MR) is 104 cm³/mol. The Labute approximate surface area is 155 Å². The Morgan fingerprint density at radius 3 is 2.62 bits per heavy atom. The summed E-state index contributed by atoms with van der Waals surface area (Å²) in [5.74, 6) is 0.330. The number of nitrogens with one attached hydrogen (secondary N) is 1. The molecule has 136 valence electrons. The SMILES string of the molecule is CC(C)c1cccc(NC(=O)C2CCCN2C(=O)Cc2ccccc2)c1. The summed E-state index contributed by atoms with van der Waals surface area (Å²) in [5, 5.41) is 3.00. The van der Waals surface area contributed by atoms with Crippen LogP contribution in [0.15, 0.2) is 54.6 Å². The molecule has 1 N–H and O–H groups in total. The van der Waals surface area contributed by atoms with Gasteiger partial charge < -0.3 is 10.2 Å². The van der Waals surface area contributed by atoms with Gasteiger partial charge in [0.2, 0.25) is 11.8 Å². The van der Waals surface area contributed by atoms with Gasteiger partial charge in [0, 0.05) is 12.2 Å². The molecule has 4 nitrogen and oxygen atoms in total. The molecular weight excluding hydrogens is 324 g/mol. The lowest BCUT2D eigenvalue weighted by atomic mass is 10.0. The van der Waals surface area contributed by atoms with Crippen molar-refractivity contribution in [1.82, 2.24) is 4.90 Å². The fourth-order valence-corrected chi connectivity index (χ4v) is 3.41. The summed E-state index contributed by atoms with van der Waals surface area (Å²) in [5.41, 5.74) is 2.96. The van der Waals surface area contributed by atoms with E-state index < -0.39 is 0 Å². The van der Waals surface area contributed by atoms with Crippen LogP contribution in [0.25, 0.3) is 0 Å². The molecule has 1 atom stereocenters. The van der Waals surface area contributed by atoms with E-state index >= 15 is 0 Å². The minimum atomic E-state index is -0.381. The first-order valence-electron chi connectivity index (χ1n) is 9.29. The summed E-state index contributed by atoms with van der Waals surface area (Å²) in [6, 6.07) is 17.2. The predicted octanol–water partition coefficient (Wildman–Crippen LogP) is 3.98. The first kappa shape index (κ1) is 18.2. The Bertz CT molecular complexity index is 771. The van der Waals surface area contributed by atoms with Crippen molar-refractivity contribution >= 4 is 17.5 Å². The van der Waals surface area contributed by atoms with Crippen molar-refractivity contribution in [3.05, 3.63) is 65.7 Å². The highest BCUT2D eigenvalue weighted by Gasteiger charge is 2.33. The van der Waals surface area contributed by atoms with Crippen molar-refractivity contribution in [1.29, 1.82) is 0 Å². The largest absolute Gasteiger partial charge is 0.330 e. The van der Waals surface area contributed by atoms with Crippen LogP contribution in [0.5, 0.6) is 0 Å². The zero-order valence-electron chi connectivity index (χ0n) is 15.4. The molecule has 0 aliphatic carbocycles. The maximum absolute atomic E-state index is 12.8. The topological polar surface area (TPSA) is 49.4 Å². The van der Waals surface area contributed by atoms with Crippen LogP contribution >= 0.6 is 0 Å². The normalized spacial score (nSPS) is 16.7. The lowest BCUT2D eigenvalue weighted by molar-refractivity contribution is -0.136. The maximum Gasteiger partial charge on any atom is 0.247 e. The Morgan fingerprint density at radius 1 is 1.12 bits per heavy atom. The molecule has 2 amide bonds. The fraction of sp³-hybridized carbons (Fsp3) is 0.364. The molecule has 1 fully saturated rings. The van der Waals surface area contributed by atoms with E-state index in [9.17, 15) is 9.59 Å². The number of likely N-dealkylation sites (tertiary alicyclic amines) is 1. The van der Waals surface area contributed by atoms with E-state index in [1.165, 1.54) is 5.56 Å². The minimum Gasteiger partial charge on any atom is -0.330 e. The first-order chi connectivity index (χ1) is 12.5. The van der Waals surface area contributed by atoms with E-state index in [4.69, 9.17) is 0 Å². The van der Waals surface area contributed by atoms with E-state index in [-0.39, 0.29) is 17.9 Å². The quantitative estimate of drug-likeness (QED) is 0.887. The van der Waals surface area contributed by atoms with Gasteiger partial charge in [-0.05, 0) is 42.0 Å². The highest BCUT2D eigenvalue weighted by Crippen LogP contribution is 2.22. The molecule has 1 aliphatic heterocycles. The molecular formula is C22H26N2O2. The van der Waals surface area contributed by atoms with Gasteiger partial charge in [0.1, 0.15) is 6.04 Å². The summed E-state index contributed by atoms with van der Waals surface area (Å²) >= 11 is 0. The Kier molecular flexibility index (Phi) is 5.71. The second kappa shape index (κ2) is 8.17. The molecule has 2 aromatic rings. The molecule has 1 saturated heterocycles. The summed E-state index contributed by atoms with van der Waals surface area (Å²) < 4.78 is 0. The zero-order valence-corrected chi connectivity index (χ0v) is 15.4. The second-order valence-electron chi connectivity index (χ2n) is 7.18. The Hall–Kier alpha value is -2.62.